The minimum Gasteiger partial charge on any atom is -0.444 e. The van der Waals surface area contributed by atoms with Gasteiger partial charge in [0, 0.05) is 25.3 Å². The first-order chi connectivity index (χ1) is 14.7. The third-order valence-electron chi connectivity index (χ3n) is 4.43. The Balaban J connectivity index is 1.96. The maximum Gasteiger partial charge on any atom is 0.407 e. The highest BCUT2D eigenvalue weighted by Gasteiger charge is 2.36. The lowest BCUT2D eigenvalue weighted by atomic mass is 10.2. The largest absolute Gasteiger partial charge is 0.444 e. The van der Waals surface area contributed by atoms with Crippen LogP contribution in [0.3, 0.4) is 0 Å². The molecule has 0 aromatic heterocycles. The Labute approximate surface area is 189 Å². The Morgan fingerprint density at radius 2 is 1.84 bits per heavy atom. The zero-order valence-electron chi connectivity index (χ0n) is 18.5. The van der Waals surface area contributed by atoms with Crippen molar-refractivity contribution in [2.24, 2.45) is 0 Å². The molecule has 3 N–H and O–H groups in total. The highest BCUT2D eigenvalue weighted by molar-refractivity contribution is 7.89. The number of rotatable bonds is 8. The van der Waals surface area contributed by atoms with E-state index in [0.29, 0.717) is 12.8 Å². The third kappa shape index (κ3) is 7.73. The summed E-state index contributed by atoms with van der Waals surface area (Å²) in [7, 11) is -7.43. The molecule has 1 aromatic carbocycles. The topological polar surface area (TPSA) is 151 Å². The van der Waals surface area contributed by atoms with Gasteiger partial charge >= 0.3 is 6.09 Å². The van der Waals surface area contributed by atoms with E-state index < -0.39 is 43.7 Å². The van der Waals surface area contributed by atoms with Crippen molar-refractivity contribution in [1.29, 1.82) is 0 Å². The van der Waals surface area contributed by atoms with Crippen molar-refractivity contribution in [2.75, 3.05) is 31.2 Å². The van der Waals surface area contributed by atoms with Crippen LogP contribution in [0.4, 0.5) is 10.5 Å². The maximum absolute atomic E-state index is 12.6. The maximum atomic E-state index is 12.6. The van der Waals surface area contributed by atoms with Crippen LogP contribution in [0.25, 0.3) is 0 Å². The van der Waals surface area contributed by atoms with Crippen LogP contribution in [0.2, 0.25) is 0 Å². The highest BCUT2D eigenvalue weighted by Crippen LogP contribution is 2.22. The Morgan fingerprint density at radius 1 is 1.16 bits per heavy atom. The fourth-order valence-corrected chi connectivity index (χ4v) is 5.31. The fourth-order valence-electron chi connectivity index (χ4n) is 3.11. The quantitative estimate of drug-likeness (QED) is 0.457. The molecule has 1 aliphatic heterocycles. The molecule has 1 atom stereocenters. The van der Waals surface area contributed by atoms with Crippen molar-refractivity contribution in [3.63, 3.8) is 0 Å². The molecule has 1 aliphatic rings. The molecule has 0 bridgehead atoms. The van der Waals surface area contributed by atoms with E-state index in [1.807, 2.05) is 0 Å². The van der Waals surface area contributed by atoms with Crippen LogP contribution in [-0.2, 0) is 29.6 Å². The molecule has 180 valence electrons. The number of nitrogens with one attached hydrogen (secondary N) is 3. The number of alkyl carbamates (subject to hydrolysis) is 1. The van der Waals surface area contributed by atoms with Crippen molar-refractivity contribution in [1.82, 2.24) is 14.3 Å². The zero-order chi connectivity index (χ0) is 24.2. The van der Waals surface area contributed by atoms with E-state index in [1.165, 1.54) is 24.3 Å². The van der Waals surface area contributed by atoms with Gasteiger partial charge in [-0.15, -0.1) is 0 Å². The second-order valence-electron chi connectivity index (χ2n) is 8.38. The van der Waals surface area contributed by atoms with E-state index in [9.17, 15) is 26.4 Å². The van der Waals surface area contributed by atoms with E-state index >= 15 is 0 Å². The van der Waals surface area contributed by atoms with Crippen molar-refractivity contribution in [3.05, 3.63) is 24.3 Å². The van der Waals surface area contributed by atoms with Crippen LogP contribution in [0.5, 0.6) is 0 Å². The molecular weight excluding hydrogens is 460 g/mol. The average molecular weight is 491 g/mol. The van der Waals surface area contributed by atoms with Gasteiger partial charge in [-0.25, -0.2) is 26.4 Å². The molecule has 1 heterocycles. The molecule has 32 heavy (non-hydrogen) atoms. The summed E-state index contributed by atoms with van der Waals surface area (Å²) in [5.41, 5.74) is -0.434. The van der Waals surface area contributed by atoms with Crippen LogP contribution >= 0.6 is 0 Å². The lowest BCUT2D eigenvalue weighted by Gasteiger charge is -2.21. The summed E-state index contributed by atoms with van der Waals surface area (Å²) in [6.45, 7) is 5.37. The normalized spacial score (nSPS) is 17.7. The molecule has 1 unspecified atom stereocenters. The summed E-state index contributed by atoms with van der Waals surface area (Å²) < 4.78 is 57.3. The van der Waals surface area contributed by atoms with Gasteiger partial charge in [-0.3, -0.25) is 4.79 Å². The predicted octanol–water partition coefficient (Wildman–Crippen LogP) is 0.852. The molecule has 0 spiro atoms. The number of ether oxygens (including phenoxy) is 1. The minimum atomic E-state index is -3.90. The van der Waals surface area contributed by atoms with Gasteiger partial charge in [0.05, 0.1) is 11.2 Å². The third-order valence-corrected chi connectivity index (χ3v) is 7.18. The van der Waals surface area contributed by atoms with E-state index in [1.54, 1.807) is 20.8 Å². The first kappa shape index (κ1) is 26.0. The molecule has 0 aliphatic carbocycles. The van der Waals surface area contributed by atoms with Gasteiger partial charge in [0.25, 0.3) is 0 Å². The number of hydrogen-bond donors (Lipinski definition) is 3. The lowest BCUT2D eigenvalue weighted by Crippen LogP contribution is -2.42. The van der Waals surface area contributed by atoms with Gasteiger partial charge in [0.15, 0.2) is 0 Å². The molecule has 1 saturated heterocycles. The van der Waals surface area contributed by atoms with E-state index in [-0.39, 0.29) is 30.2 Å². The second-order valence-corrected chi connectivity index (χ2v) is 12.1. The lowest BCUT2D eigenvalue weighted by molar-refractivity contribution is -0.119. The Hall–Kier alpha value is -2.22. The van der Waals surface area contributed by atoms with E-state index in [4.69, 9.17) is 4.74 Å². The predicted molar refractivity (Wildman–Crippen MR) is 119 cm³/mol. The molecule has 2 amide bonds. The number of anilines is 1. The van der Waals surface area contributed by atoms with E-state index in [2.05, 4.69) is 15.4 Å². The van der Waals surface area contributed by atoms with Gasteiger partial charge in [-0.2, -0.15) is 4.31 Å². The van der Waals surface area contributed by atoms with Crippen LogP contribution < -0.4 is 15.4 Å². The number of hydrogen-bond acceptors (Lipinski definition) is 7. The van der Waals surface area contributed by atoms with Crippen molar-refractivity contribution < 1.29 is 31.2 Å². The number of sulfonamides is 2. The monoisotopic (exact) mass is 490 g/mol. The van der Waals surface area contributed by atoms with Crippen LogP contribution in [0, 0.1) is 0 Å². The van der Waals surface area contributed by atoms with Crippen molar-refractivity contribution in [2.45, 2.75) is 50.2 Å². The number of nitrogens with zero attached hydrogens (tertiary/aromatic N) is 1. The summed E-state index contributed by atoms with van der Waals surface area (Å²) >= 11 is 0. The molecule has 2 rings (SSSR count). The number of amides is 2. The summed E-state index contributed by atoms with van der Waals surface area (Å²) in [4.78, 5) is 24.1. The molecule has 13 heteroatoms. The molecule has 0 saturated carbocycles. The first-order valence-corrected chi connectivity index (χ1v) is 13.4. The summed E-state index contributed by atoms with van der Waals surface area (Å²) in [5.74, 6) is -0.517. The second kappa shape index (κ2) is 10.1. The van der Waals surface area contributed by atoms with Crippen LogP contribution in [-0.4, -0.2) is 70.7 Å². The van der Waals surface area contributed by atoms with Crippen molar-refractivity contribution >= 4 is 37.7 Å². The summed E-state index contributed by atoms with van der Waals surface area (Å²) in [5, 5.41) is 5.04. The van der Waals surface area contributed by atoms with E-state index in [0.717, 1.165) is 10.6 Å². The molecule has 0 radical (unpaired) electrons. The Kier molecular flexibility index (Phi) is 8.26. The first-order valence-electron chi connectivity index (χ1n) is 10.0. The van der Waals surface area contributed by atoms with Gasteiger partial charge in [0.2, 0.25) is 26.0 Å². The Bertz CT molecular complexity index is 1050. The summed E-state index contributed by atoms with van der Waals surface area (Å²) in [6, 6.07) is 4.79. The van der Waals surface area contributed by atoms with Gasteiger partial charge in [0.1, 0.15) is 11.6 Å². The standard InChI is InChI=1S/C19H30N4O7S2/c1-19(2,3)30-18(25)20-10-11-21-32(28,29)15-8-5-7-14(13-15)22-17(24)16-9-6-12-23(16)31(4,26)27/h5,7-8,13,16,21H,6,9-12H2,1-4H3,(H,20,25)(H,22,24). The average Bonchev–Trinajstić information content (AvgIpc) is 3.15. The van der Waals surface area contributed by atoms with Gasteiger partial charge in [-0.05, 0) is 51.8 Å². The Morgan fingerprint density at radius 3 is 2.47 bits per heavy atom. The zero-order valence-corrected chi connectivity index (χ0v) is 20.2. The molecule has 11 nitrogen and oxygen atoms in total. The van der Waals surface area contributed by atoms with Crippen LogP contribution in [0.15, 0.2) is 29.2 Å². The SMILES string of the molecule is CC(C)(C)OC(=O)NCCNS(=O)(=O)c1cccc(NC(=O)C2CCCN2S(C)(=O)=O)c1. The molecule has 1 aromatic rings. The van der Waals surface area contributed by atoms with Gasteiger partial charge < -0.3 is 15.4 Å². The fraction of sp³-hybridized carbons (Fsp3) is 0.579. The number of carbonyl (C=O) groups excluding carboxylic acids is 2. The number of benzene rings is 1. The van der Waals surface area contributed by atoms with Crippen LogP contribution in [0.1, 0.15) is 33.6 Å². The minimum absolute atomic E-state index is 0.0214. The molecular formula is C19H30N4O7S2. The smallest absolute Gasteiger partial charge is 0.407 e. The summed E-state index contributed by atoms with van der Waals surface area (Å²) in [6.07, 6.45) is 1.36. The molecule has 1 fully saturated rings. The highest BCUT2D eigenvalue weighted by atomic mass is 32.2. The van der Waals surface area contributed by atoms with Crippen molar-refractivity contribution in [3.8, 4) is 0 Å². The number of carbonyl (C=O) groups is 2. The van der Waals surface area contributed by atoms with Gasteiger partial charge in [-0.1, -0.05) is 6.07 Å².